The summed E-state index contributed by atoms with van der Waals surface area (Å²) in [6.07, 6.45) is 85.1. The lowest BCUT2D eigenvalue weighted by Crippen LogP contribution is -2.30. The largest absolute Gasteiger partial charge is 0.462 e. The maximum Gasteiger partial charge on any atom is 0.306 e. The molecule has 0 aliphatic rings. The van der Waals surface area contributed by atoms with Gasteiger partial charge in [-0.3, -0.25) is 14.4 Å². The van der Waals surface area contributed by atoms with Gasteiger partial charge in [-0.05, 0) is 103 Å². The van der Waals surface area contributed by atoms with Crippen LogP contribution in [0.25, 0.3) is 0 Å². The van der Waals surface area contributed by atoms with Crippen LogP contribution in [0.4, 0.5) is 0 Å². The molecule has 0 saturated heterocycles. The zero-order chi connectivity index (χ0) is 54.3. The van der Waals surface area contributed by atoms with Gasteiger partial charge in [0.05, 0.1) is 0 Å². The molecule has 0 saturated carbocycles. The molecule has 0 aromatic carbocycles. The summed E-state index contributed by atoms with van der Waals surface area (Å²) < 4.78 is 16.9. The Kier molecular flexibility index (Phi) is 59.3. The fraction of sp³-hybridized carbons (Fsp3) is 0.696. The van der Waals surface area contributed by atoms with Crippen LogP contribution in [-0.2, 0) is 28.6 Å². The molecule has 75 heavy (non-hydrogen) atoms. The van der Waals surface area contributed by atoms with E-state index in [0.717, 1.165) is 135 Å². The summed E-state index contributed by atoms with van der Waals surface area (Å²) in [5.74, 6) is -0.902. The molecule has 0 aliphatic heterocycles. The average Bonchev–Trinajstić information content (AvgIpc) is 3.41. The topological polar surface area (TPSA) is 78.9 Å². The average molecular weight is 1040 g/mol. The van der Waals surface area contributed by atoms with Crippen molar-refractivity contribution in [2.24, 2.45) is 0 Å². The molecular weight excluding hydrogens is 925 g/mol. The molecule has 0 N–H and O–H groups in total. The number of carbonyl (C=O) groups is 3. The molecule has 0 aliphatic carbocycles. The number of hydrogen-bond donors (Lipinski definition) is 0. The molecule has 0 aromatic heterocycles. The first-order chi connectivity index (χ1) is 37.0. The predicted octanol–water partition coefficient (Wildman–Crippen LogP) is 21.4. The van der Waals surface area contributed by atoms with Crippen LogP contribution >= 0.6 is 0 Å². The standard InChI is InChI=1S/C69H116O6/c1-4-7-10-13-16-19-22-25-27-29-31-33-34-36-37-39-41-44-47-50-53-56-59-62-68(71)74-65-66(64-73-67(70)61-58-55-52-49-46-43-24-21-18-15-12-9-6-3)75-69(72)63-60-57-54-51-48-45-42-40-38-35-32-30-28-26-23-20-17-14-11-8-5-2/h7-8,10-11,16-17,19-20,25-28,31-33,35,40,42,66H,4-6,9,12-15,18,21-24,29-30,34,36-39,41,43-65H2,1-3H3/b10-7-,11-8-,19-16-,20-17-,27-25-,28-26-,33-31-,35-32-,42-40-. The van der Waals surface area contributed by atoms with E-state index in [9.17, 15) is 14.4 Å². The van der Waals surface area contributed by atoms with Gasteiger partial charge in [0, 0.05) is 19.3 Å². The highest BCUT2D eigenvalue weighted by atomic mass is 16.6. The van der Waals surface area contributed by atoms with Crippen LogP contribution in [0, 0.1) is 0 Å². The quantitative estimate of drug-likeness (QED) is 0.0261. The highest BCUT2D eigenvalue weighted by Gasteiger charge is 2.19. The first-order valence-electron chi connectivity index (χ1n) is 31.4. The first kappa shape index (κ1) is 71.1. The Hall–Kier alpha value is -3.93. The molecule has 6 heteroatoms. The van der Waals surface area contributed by atoms with Crippen LogP contribution in [0.1, 0.15) is 290 Å². The lowest BCUT2D eigenvalue weighted by molar-refractivity contribution is -0.167. The zero-order valence-corrected chi connectivity index (χ0v) is 49.0. The summed E-state index contributed by atoms with van der Waals surface area (Å²) in [6, 6.07) is 0. The summed E-state index contributed by atoms with van der Waals surface area (Å²) in [5, 5.41) is 0. The Morgan fingerprint density at radius 2 is 0.520 bits per heavy atom. The van der Waals surface area contributed by atoms with Crippen LogP contribution in [0.15, 0.2) is 109 Å². The van der Waals surface area contributed by atoms with Gasteiger partial charge in [0.1, 0.15) is 13.2 Å². The molecule has 0 fully saturated rings. The number of esters is 3. The summed E-state index contributed by atoms with van der Waals surface area (Å²) in [4.78, 5) is 38.3. The number of unbranched alkanes of at least 4 members (excludes halogenated alkanes) is 27. The van der Waals surface area contributed by atoms with Crippen molar-refractivity contribution >= 4 is 17.9 Å². The highest BCUT2D eigenvalue weighted by Crippen LogP contribution is 2.16. The minimum absolute atomic E-state index is 0.0859. The minimum Gasteiger partial charge on any atom is -0.462 e. The van der Waals surface area contributed by atoms with Crippen LogP contribution in [0.5, 0.6) is 0 Å². The molecule has 0 heterocycles. The Morgan fingerprint density at radius 3 is 0.813 bits per heavy atom. The smallest absolute Gasteiger partial charge is 0.306 e. The summed E-state index contributed by atoms with van der Waals surface area (Å²) in [7, 11) is 0. The van der Waals surface area contributed by atoms with E-state index in [4.69, 9.17) is 14.2 Å². The summed E-state index contributed by atoms with van der Waals surface area (Å²) in [6.45, 7) is 6.41. The van der Waals surface area contributed by atoms with Crippen LogP contribution in [0.2, 0.25) is 0 Å². The molecule has 1 unspecified atom stereocenters. The van der Waals surface area contributed by atoms with Gasteiger partial charge in [-0.2, -0.15) is 0 Å². The van der Waals surface area contributed by atoms with Crippen LogP contribution < -0.4 is 0 Å². The molecule has 0 spiro atoms. The van der Waals surface area contributed by atoms with Crippen LogP contribution in [0.3, 0.4) is 0 Å². The van der Waals surface area contributed by atoms with Crippen molar-refractivity contribution in [1.82, 2.24) is 0 Å². The second-order valence-corrected chi connectivity index (χ2v) is 20.6. The molecule has 0 bridgehead atoms. The Bertz CT molecular complexity index is 1520. The van der Waals surface area contributed by atoms with Gasteiger partial charge in [0.15, 0.2) is 6.10 Å². The van der Waals surface area contributed by atoms with Crippen molar-refractivity contribution in [1.29, 1.82) is 0 Å². The molecule has 0 aromatic rings. The SMILES string of the molecule is CC/C=C\C/C=C\C/C=C\C/C=C\C/C=C\CCCCCCCC(=O)OC(COC(=O)CCCCCCCCCCCC/C=C\C/C=C\C/C=C\C/C=C\CC)COC(=O)CCCCCCCCCCCCCCC. The van der Waals surface area contributed by atoms with Crippen molar-refractivity contribution in [2.45, 2.75) is 297 Å². The fourth-order valence-electron chi connectivity index (χ4n) is 8.64. The van der Waals surface area contributed by atoms with E-state index >= 15 is 0 Å². The predicted molar refractivity (Wildman–Crippen MR) is 325 cm³/mol. The van der Waals surface area contributed by atoms with E-state index in [2.05, 4.69) is 130 Å². The van der Waals surface area contributed by atoms with Gasteiger partial charge in [-0.1, -0.05) is 278 Å². The van der Waals surface area contributed by atoms with E-state index in [1.165, 1.54) is 116 Å². The number of rotatable bonds is 56. The zero-order valence-electron chi connectivity index (χ0n) is 49.0. The second-order valence-electron chi connectivity index (χ2n) is 20.6. The number of ether oxygens (including phenoxy) is 3. The van der Waals surface area contributed by atoms with Gasteiger partial charge in [0.25, 0.3) is 0 Å². The molecule has 0 rings (SSSR count). The third kappa shape index (κ3) is 60.8. The van der Waals surface area contributed by atoms with Gasteiger partial charge in [0.2, 0.25) is 0 Å². The number of allylic oxidation sites excluding steroid dienone is 18. The van der Waals surface area contributed by atoms with Gasteiger partial charge < -0.3 is 14.2 Å². The molecule has 6 nitrogen and oxygen atoms in total. The van der Waals surface area contributed by atoms with Gasteiger partial charge in [-0.25, -0.2) is 0 Å². The molecule has 1 atom stereocenters. The van der Waals surface area contributed by atoms with Crippen molar-refractivity contribution < 1.29 is 28.6 Å². The molecule has 0 amide bonds. The number of hydrogen-bond acceptors (Lipinski definition) is 6. The van der Waals surface area contributed by atoms with Crippen LogP contribution in [-0.4, -0.2) is 37.2 Å². The van der Waals surface area contributed by atoms with Crippen molar-refractivity contribution in [2.75, 3.05) is 13.2 Å². The van der Waals surface area contributed by atoms with E-state index in [1.54, 1.807) is 0 Å². The third-order valence-electron chi connectivity index (χ3n) is 13.3. The van der Waals surface area contributed by atoms with Gasteiger partial charge >= 0.3 is 17.9 Å². The Labute approximate surface area is 463 Å². The van der Waals surface area contributed by atoms with E-state index in [1.807, 2.05) is 0 Å². The van der Waals surface area contributed by atoms with Crippen molar-refractivity contribution in [3.05, 3.63) is 109 Å². The normalized spacial score (nSPS) is 12.8. The lowest BCUT2D eigenvalue weighted by atomic mass is 10.0. The summed E-state index contributed by atoms with van der Waals surface area (Å²) >= 11 is 0. The second kappa shape index (κ2) is 62.6. The number of carbonyl (C=O) groups excluding carboxylic acids is 3. The molecular formula is C69H116O6. The maximum absolute atomic E-state index is 12.9. The molecule has 428 valence electrons. The van der Waals surface area contributed by atoms with Crippen molar-refractivity contribution in [3.8, 4) is 0 Å². The first-order valence-corrected chi connectivity index (χ1v) is 31.4. The fourth-order valence-corrected chi connectivity index (χ4v) is 8.64. The van der Waals surface area contributed by atoms with Gasteiger partial charge in [-0.15, -0.1) is 0 Å². The minimum atomic E-state index is -0.791. The van der Waals surface area contributed by atoms with E-state index in [-0.39, 0.29) is 31.1 Å². The molecule has 0 radical (unpaired) electrons. The lowest BCUT2D eigenvalue weighted by Gasteiger charge is -2.18. The Balaban J connectivity index is 4.39. The maximum atomic E-state index is 12.9. The van der Waals surface area contributed by atoms with E-state index in [0.29, 0.717) is 19.3 Å². The summed E-state index contributed by atoms with van der Waals surface area (Å²) in [5.41, 5.74) is 0. The monoisotopic (exact) mass is 1040 g/mol. The Morgan fingerprint density at radius 1 is 0.280 bits per heavy atom. The highest BCUT2D eigenvalue weighted by molar-refractivity contribution is 5.71. The van der Waals surface area contributed by atoms with E-state index < -0.39 is 6.10 Å². The third-order valence-corrected chi connectivity index (χ3v) is 13.3. The van der Waals surface area contributed by atoms with Crippen molar-refractivity contribution in [3.63, 3.8) is 0 Å².